The first-order chi connectivity index (χ1) is 13.3. The minimum Gasteiger partial charge on any atom is -0.349 e. The highest BCUT2D eigenvalue weighted by atomic mass is 16.1. The first-order valence-electron chi connectivity index (χ1n) is 9.80. The molecule has 0 radical (unpaired) electrons. The highest BCUT2D eigenvalue weighted by Gasteiger charge is 2.40. The molecule has 2 bridgehead atoms. The molecule has 2 unspecified atom stereocenters. The fourth-order valence-corrected chi connectivity index (χ4v) is 4.80. The SMILES string of the molecule is O=C(NC1CC2CCC(C1)N2Cc1ccccc1)c1ccc2[nH]ncc2c1. The molecule has 3 aromatic rings. The van der Waals surface area contributed by atoms with Crippen molar-refractivity contribution in [3.63, 3.8) is 0 Å². The molecule has 1 aromatic heterocycles. The summed E-state index contributed by atoms with van der Waals surface area (Å²) < 4.78 is 0. The van der Waals surface area contributed by atoms with Crippen LogP contribution in [0.25, 0.3) is 10.9 Å². The number of H-pyrrole nitrogens is 1. The first-order valence-corrected chi connectivity index (χ1v) is 9.80. The second kappa shape index (κ2) is 6.82. The average molecular weight is 360 g/mol. The van der Waals surface area contributed by atoms with Crippen molar-refractivity contribution in [1.82, 2.24) is 20.4 Å². The van der Waals surface area contributed by atoms with Crippen molar-refractivity contribution in [2.45, 2.75) is 50.4 Å². The van der Waals surface area contributed by atoms with E-state index in [4.69, 9.17) is 0 Å². The van der Waals surface area contributed by atoms with Crippen molar-refractivity contribution in [2.24, 2.45) is 0 Å². The van der Waals surface area contributed by atoms with Gasteiger partial charge >= 0.3 is 0 Å². The van der Waals surface area contributed by atoms with Gasteiger partial charge < -0.3 is 5.32 Å². The Hall–Kier alpha value is -2.66. The lowest BCUT2D eigenvalue weighted by Gasteiger charge is -2.39. The number of amides is 1. The van der Waals surface area contributed by atoms with Gasteiger partial charge in [0.15, 0.2) is 0 Å². The van der Waals surface area contributed by atoms with E-state index in [-0.39, 0.29) is 11.9 Å². The topological polar surface area (TPSA) is 61.0 Å². The predicted molar refractivity (Wildman–Crippen MR) is 105 cm³/mol. The van der Waals surface area contributed by atoms with Crippen molar-refractivity contribution >= 4 is 16.8 Å². The van der Waals surface area contributed by atoms with Crippen molar-refractivity contribution < 1.29 is 4.79 Å². The normalized spacial score (nSPS) is 25.0. The van der Waals surface area contributed by atoms with Crippen LogP contribution in [0, 0.1) is 0 Å². The molecular weight excluding hydrogens is 336 g/mol. The summed E-state index contributed by atoms with van der Waals surface area (Å²) in [6, 6.07) is 17.8. The number of fused-ring (bicyclic) bond motifs is 3. The van der Waals surface area contributed by atoms with Gasteiger partial charge in [0, 0.05) is 35.6 Å². The number of rotatable bonds is 4. The van der Waals surface area contributed by atoms with Gasteiger partial charge in [-0.3, -0.25) is 14.8 Å². The zero-order valence-corrected chi connectivity index (χ0v) is 15.3. The Labute approximate surface area is 158 Å². The van der Waals surface area contributed by atoms with Crippen LogP contribution >= 0.6 is 0 Å². The van der Waals surface area contributed by atoms with Crippen LogP contribution in [0.4, 0.5) is 0 Å². The van der Waals surface area contributed by atoms with Gasteiger partial charge in [0.25, 0.3) is 5.91 Å². The van der Waals surface area contributed by atoms with Crippen molar-refractivity contribution in [3.8, 4) is 0 Å². The zero-order chi connectivity index (χ0) is 18.2. The Morgan fingerprint density at radius 2 is 1.89 bits per heavy atom. The Bertz CT molecular complexity index is 937. The van der Waals surface area contributed by atoms with E-state index < -0.39 is 0 Å². The van der Waals surface area contributed by atoms with E-state index in [0.29, 0.717) is 17.6 Å². The Morgan fingerprint density at radius 1 is 1.11 bits per heavy atom. The Kier molecular flexibility index (Phi) is 4.17. The van der Waals surface area contributed by atoms with Gasteiger partial charge in [0.1, 0.15) is 0 Å². The maximum absolute atomic E-state index is 12.7. The molecule has 5 rings (SSSR count). The van der Waals surface area contributed by atoms with Gasteiger partial charge in [-0.2, -0.15) is 5.10 Å². The van der Waals surface area contributed by atoms with E-state index >= 15 is 0 Å². The standard InChI is InChI=1S/C22H24N4O/c27-22(16-6-9-21-17(10-16)13-23-25-21)24-18-11-19-7-8-20(12-18)26(19)14-15-4-2-1-3-5-15/h1-6,9-10,13,18-20H,7-8,11-12,14H2,(H,23,25)(H,24,27). The summed E-state index contributed by atoms with van der Waals surface area (Å²) in [6.45, 7) is 1.02. The number of hydrogen-bond donors (Lipinski definition) is 2. The van der Waals surface area contributed by atoms with E-state index in [9.17, 15) is 4.79 Å². The molecule has 5 heteroatoms. The van der Waals surface area contributed by atoms with Crippen LogP contribution in [0.15, 0.2) is 54.7 Å². The lowest BCUT2D eigenvalue weighted by molar-refractivity contribution is 0.0828. The highest BCUT2D eigenvalue weighted by molar-refractivity contribution is 5.98. The van der Waals surface area contributed by atoms with Crippen LogP contribution in [0.1, 0.15) is 41.6 Å². The molecule has 27 heavy (non-hydrogen) atoms. The summed E-state index contributed by atoms with van der Waals surface area (Å²) in [5.74, 6) is 0.0269. The van der Waals surface area contributed by atoms with E-state index in [2.05, 4.69) is 50.7 Å². The molecule has 2 fully saturated rings. The number of hydrogen-bond acceptors (Lipinski definition) is 3. The third kappa shape index (κ3) is 3.23. The fraction of sp³-hybridized carbons (Fsp3) is 0.364. The van der Waals surface area contributed by atoms with Gasteiger partial charge in [-0.05, 0) is 49.4 Å². The maximum atomic E-state index is 12.7. The summed E-state index contributed by atoms with van der Waals surface area (Å²) in [7, 11) is 0. The van der Waals surface area contributed by atoms with Crippen molar-refractivity contribution in [3.05, 3.63) is 65.9 Å². The van der Waals surface area contributed by atoms with Gasteiger partial charge in [0.05, 0.1) is 11.7 Å². The Balaban J connectivity index is 1.25. The Morgan fingerprint density at radius 3 is 2.67 bits per heavy atom. The minimum absolute atomic E-state index is 0.0269. The smallest absolute Gasteiger partial charge is 0.251 e. The second-order valence-corrected chi connectivity index (χ2v) is 7.86. The van der Waals surface area contributed by atoms with Crippen molar-refractivity contribution in [1.29, 1.82) is 0 Å². The largest absolute Gasteiger partial charge is 0.349 e. The van der Waals surface area contributed by atoms with Crippen LogP contribution in [-0.4, -0.2) is 39.1 Å². The van der Waals surface area contributed by atoms with Crippen LogP contribution in [-0.2, 0) is 6.54 Å². The molecule has 2 atom stereocenters. The van der Waals surface area contributed by atoms with E-state index in [1.54, 1.807) is 6.20 Å². The van der Waals surface area contributed by atoms with E-state index in [1.807, 2.05) is 18.2 Å². The summed E-state index contributed by atoms with van der Waals surface area (Å²) >= 11 is 0. The number of aromatic nitrogens is 2. The quantitative estimate of drug-likeness (QED) is 0.749. The maximum Gasteiger partial charge on any atom is 0.251 e. The minimum atomic E-state index is 0.0269. The number of aromatic amines is 1. The molecule has 2 aromatic carbocycles. The number of nitrogens with one attached hydrogen (secondary N) is 2. The van der Waals surface area contributed by atoms with E-state index in [0.717, 1.165) is 30.3 Å². The molecule has 0 saturated carbocycles. The highest BCUT2D eigenvalue weighted by Crippen LogP contribution is 2.37. The molecule has 2 saturated heterocycles. The van der Waals surface area contributed by atoms with Gasteiger partial charge in [0.2, 0.25) is 0 Å². The third-order valence-electron chi connectivity index (χ3n) is 6.13. The molecular formula is C22H24N4O. The lowest BCUT2D eigenvalue weighted by Crippen LogP contribution is -2.49. The lowest BCUT2D eigenvalue weighted by atomic mass is 9.96. The average Bonchev–Trinajstić information content (AvgIpc) is 3.24. The van der Waals surface area contributed by atoms with Crippen LogP contribution in [0.3, 0.4) is 0 Å². The summed E-state index contributed by atoms with van der Waals surface area (Å²) in [5, 5.41) is 11.2. The summed E-state index contributed by atoms with van der Waals surface area (Å²) in [5.41, 5.74) is 3.05. The van der Waals surface area contributed by atoms with E-state index in [1.165, 1.54) is 18.4 Å². The molecule has 2 aliphatic heterocycles. The first kappa shape index (κ1) is 16.5. The van der Waals surface area contributed by atoms with Gasteiger partial charge in [-0.1, -0.05) is 30.3 Å². The van der Waals surface area contributed by atoms with Crippen LogP contribution in [0.5, 0.6) is 0 Å². The molecule has 1 amide bonds. The third-order valence-corrected chi connectivity index (χ3v) is 6.13. The van der Waals surface area contributed by atoms with Gasteiger partial charge in [-0.25, -0.2) is 0 Å². The summed E-state index contributed by atoms with van der Waals surface area (Å²) in [4.78, 5) is 15.4. The molecule has 3 heterocycles. The molecule has 138 valence electrons. The van der Waals surface area contributed by atoms with Gasteiger partial charge in [-0.15, -0.1) is 0 Å². The number of carbonyl (C=O) groups excluding carboxylic acids is 1. The number of nitrogens with zero attached hydrogens (tertiary/aromatic N) is 2. The fourth-order valence-electron chi connectivity index (χ4n) is 4.80. The number of benzene rings is 2. The number of piperidine rings is 1. The number of carbonyl (C=O) groups is 1. The molecule has 0 spiro atoms. The van der Waals surface area contributed by atoms with Crippen molar-refractivity contribution in [2.75, 3.05) is 0 Å². The monoisotopic (exact) mass is 360 g/mol. The molecule has 5 nitrogen and oxygen atoms in total. The molecule has 2 N–H and O–H groups in total. The zero-order valence-electron chi connectivity index (χ0n) is 15.3. The van der Waals surface area contributed by atoms with Crippen LogP contribution in [0.2, 0.25) is 0 Å². The second-order valence-electron chi connectivity index (χ2n) is 7.86. The van der Waals surface area contributed by atoms with Crippen LogP contribution < -0.4 is 5.32 Å². The molecule has 0 aliphatic carbocycles. The predicted octanol–water partition coefficient (Wildman–Crippen LogP) is 3.49. The molecule has 2 aliphatic rings. The summed E-state index contributed by atoms with van der Waals surface area (Å²) in [6.07, 6.45) is 6.33.